The number of carbonyl (C=O) groups excluding carboxylic acids is 1. The third kappa shape index (κ3) is 3.67. The van der Waals surface area contributed by atoms with Gasteiger partial charge in [0.2, 0.25) is 5.91 Å². The Morgan fingerprint density at radius 1 is 1.53 bits per heavy atom. The van der Waals surface area contributed by atoms with Crippen molar-refractivity contribution in [3.63, 3.8) is 0 Å². The Labute approximate surface area is 87.9 Å². The highest BCUT2D eigenvalue weighted by Gasteiger charge is 2.00. The smallest absolute Gasteiger partial charge is 0.245 e. The Kier molecular flexibility index (Phi) is 4.24. The Bertz CT molecular complexity index is 352. The van der Waals surface area contributed by atoms with Crippen LogP contribution in [-0.4, -0.2) is 24.2 Å². The molecule has 0 saturated carbocycles. The maximum atomic E-state index is 12.9. The molecule has 0 aliphatic carbocycles. The summed E-state index contributed by atoms with van der Waals surface area (Å²) < 4.78 is 12.9. The molecular weight excluding hydrogens is 197 g/mol. The van der Waals surface area contributed by atoms with E-state index in [-0.39, 0.29) is 5.82 Å². The van der Waals surface area contributed by atoms with Crippen molar-refractivity contribution in [1.82, 2.24) is 5.32 Å². The molecule has 3 nitrogen and oxygen atoms in total. The minimum Gasteiger partial charge on any atom is -0.387 e. The number of hydrogen-bond acceptors (Lipinski definition) is 2. The largest absolute Gasteiger partial charge is 0.387 e. The minimum absolute atomic E-state index is 0.224. The van der Waals surface area contributed by atoms with Crippen LogP contribution in [0.3, 0.4) is 0 Å². The van der Waals surface area contributed by atoms with Crippen molar-refractivity contribution in [3.8, 4) is 0 Å². The zero-order chi connectivity index (χ0) is 11.3. The molecular formula is C11H14FNO2. The second kappa shape index (κ2) is 5.46. The summed E-state index contributed by atoms with van der Waals surface area (Å²) in [6.07, 6.45) is 0.632. The fourth-order valence-corrected chi connectivity index (χ4v) is 1.26. The first-order valence-electron chi connectivity index (χ1n) is 4.76. The van der Waals surface area contributed by atoms with Crippen LogP contribution >= 0.6 is 0 Å². The van der Waals surface area contributed by atoms with Gasteiger partial charge in [0.05, 0.1) is 0 Å². The lowest BCUT2D eigenvalue weighted by Crippen LogP contribution is -2.28. The first-order valence-corrected chi connectivity index (χ1v) is 4.76. The fourth-order valence-electron chi connectivity index (χ4n) is 1.26. The second-order valence-electron chi connectivity index (χ2n) is 3.34. The highest BCUT2D eigenvalue weighted by Crippen LogP contribution is 2.09. The SMILES string of the molecule is Cc1cc(CCNC(=O)CO)ccc1F. The van der Waals surface area contributed by atoms with Crippen molar-refractivity contribution in [2.24, 2.45) is 0 Å². The van der Waals surface area contributed by atoms with Crippen molar-refractivity contribution in [2.45, 2.75) is 13.3 Å². The number of aliphatic hydroxyl groups is 1. The number of rotatable bonds is 4. The molecule has 0 aliphatic rings. The number of nitrogens with one attached hydrogen (secondary N) is 1. The quantitative estimate of drug-likeness (QED) is 0.773. The highest BCUT2D eigenvalue weighted by molar-refractivity contribution is 5.76. The summed E-state index contributed by atoms with van der Waals surface area (Å²) in [5, 5.41) is 11.0. The lowest BCUT2D eigenvalue weighted by Gasteiger charge is -2.04. The molecule has 0 saturated heterocycles. The summed E-state index contributed by atoms with van der Waals surface area (Å²) in [6, 6.07) is 4.85. The third-order valence-corrected chi connectivity index (χ3v) is 2.10. The molecule has 0 aliphatic heterocycles. The van der Waals surface area contributed by atoms with Crippen LogP contribution in [-0.2, 0) is 11.2 Å². The van der Waals surface area contributed by atoms with Gasteiger partial charge in [-0.25, -0.2) is 4.39 Å². The average molecular weight is 211 g/mol. The lowest BCUT2D eigenvalue weighted by molar-refractivity contribution is -0.123. The van der Waals surface area contributed by atoms with Crippen LogP contribution in [0.15, 0.2) is 18.2 Å². The zero-order valence-corrected chi connectivity index (χ0v) is 8.59. The molecule has 1 rings (SSSR count). The van der Waals surface area contributed by atoms with Crippen LogP contribution < -0.4 is 5.32 Å². The predicted molar refractivity (Wildman–Crippen MR) is 54.9 cm³/mol. The number of aliphatic hydroxyl groups excluding tert-OH is 1. The van der Waals surface area contributed by atoms with Gasteiger partial charge in [-0.15, -0.1) is 0 Å². The van der Waals surface area contributed by atoms with Gasteiger partial charge in [-0.3, -0.25) is 4.79 Å². The van der Waals surface area contributed by atoms with Gasteiger partial charge in [0.1, 0.15) is 12.4 Å². The van der Waals surface area contributed by atoms with E-state index in [9.17, 15) is 9.18 Å². The minimum atomic E-state index is -0.498. The van der Waals surface area contributed by atoms with Crippen LogP contribution in [0.1, 0.15) is 11.1 Å². The molecule has 1 aromatic carbocycles. The van der Waals surface area contributed by atoms with E-state index in [1.54, 1.807) is 19.1 Å². The van der Waals surface area contributed by atoms with E-state index >= 15 is 0 Å². The third-order valence-electron chi connectivity index (χ3n) is 2.10. The molecule has 0 fully saturated rings. The van der Waals surface area contributed by atoms with Crippen molar-refractivity contribution in [1.29, 1.82) is 0 Å². The maximum absolute atomic E-state index is 12.9. The van der Waals surface area contributed by atoms with Gasteiger partial charge in [-0.05, 0) is 30.5 Å². The summed E-state index contributed by atoms with van der Waals surface area (Å²) in [7, 11) is 0. The van der Waals surface area contributed by atoms with Crippen LogP contribution in [0, 0.1) is 12.7 Å². The van der Waals surface area contributed by atoms with Crippen LogP contribution in [0.2, 0.25) is 0 Å². The summed E-state index contributed by atoms with van der Waals surface area (Å²) in [6.45, 7) is 1.65. The van der Waals surface area contributed by atoms with E-state index in [2.05, 4.69) is 5.32 Å². The lowest BCUT2D eigenvalue weighted by atomic mass is 10.1. The standard InChI is InChI=1S/C11H14FNO2/c1-8-6-9(2-3-10(8)12)4-5-13-11(15)7-14/h2-3,6,14H,4-5,7H2,1H3,(H,13,15). The maximum Gasteiger partial charge on any atom is 0.245 e. The molecule has 0 atom stereocenters. The van der Waals surface area contributed by atoms with E-state index in [0.29, 0.717) is 18.5 Å². The van der Waals surface area contributed by atoms with Gasteiger partial charge >= 0.3 is 0 Å². The van der Waals surface area contributed by atoms with E-state index < -0.39 is 12.5 Å². The molecule has 2 N–H and O–H groups in total. The molecule has 0 spiro atoms. The van der Waals surface area contributed by atoms with E-state index in [4.69, 9.17) is 5.11 Å². The highest BCUT2D eigenvalue weighted by atomic mass is 19.1. The number of aryl methyl sites for hydroxylation is 1. The summed E-state index contributed by atoms with van der Waals surface area (Å²) >= 11 is 0. The molecule has 0 bridgehead atoms. The van der Waals surface area contributed by atoms with Gasteiger partial charge < -0.3 is 10.4 Å². The first-order chi connectivity index (χ1) is 7.13. The van der Waals surface area contributed by atoms with Crippen LogP contribution in [0.4, 0.5) is 4.39 Å². The number of benzene rings is 1. The molecule has 0 unspecified atom stereocenters. The van der Waals surface area contributed by atoms with E-state index in [1.165, 1.54) is 6.07 Å². The molecule has 4 heteroatoms. The monoisotopic (exact) mass is 211 g/mol. The topological polar surface area (TPSA) is 49.3 Å². The van der Waals surface area contributed by atoms with Crippen molar-refractivity contribution < 1.29 is 14.3 Å². The van der Waals surface area contributed by atoms with Crippen LogP contribution in [0.25, 0.3) is 0 Å². The van der Waals surface area contributed by atoms with Crippen molar-refractivity contribution in [2.75, 3.05) is 13.2 Å². The zero-order valence-electron chi connectivity index (χ0n) is 8.59. The Morgan fingerprint density at radius 2 is 2.27 bits per heavy atom. The molecule has 15 heavy (non-hydrogen) atoms. The van der Waals surface area contributed by atoms with Gasteiger partial charge in [0.25, 0.3) is 0 Å². The summed E-state index contributed by atoms with van der Waals surface area (Å²) in [4.78, 5) is 10.7. The van der Waals surface area contributed by atoms with Gasteiger partial charge in [0.15, 0.2) is 0 Å². The molecule has 1 aromatic rings. The van der Waals surface area contributed by atoms with E-state index in [0.717, 1.165) is 5.56 Å². The number of hydrogen-bond donors (Lipinski definition) is 2. The molecule has 0 heterocycles. The van der Waals surface area contributed by atoms with E-state index in [1.807, 2.05) is 0 Å². The molecule has 82 valence electrons. The normalized spacial score (nSPS) is 10.1. The van der Waals surface area contributed by atoms with Gasteiger partial charge in [-0.2, -0.15) is 0 Å². The number of carbonyl (C=O) groups is 1. The molecule has 0 radical (unpaired) electrons. The molecule has 1 amide bonds. The Morgan fingerprint density at radius 3 is 2.87 bits per heavy atom. The van der Waals surface area contributed by atoms with Gasteiger partial charge in [-0.1, -0.05) is 12.1 Å². The predicted octanol–water partition coefficient (Wildman–Crippen LogP) is 0.785. The van der Waals surface area contributed by atoms with Crippen LogP contribution in [0.5, 0.6) is 0 Å². The number of halogens is 1. The summed E-state index contributed by atoms with van der Waals surface area (Å²) in [5.74, 6) is -0.619. The van der Waals surface area contributed by atoms with Crippen molar-refractivity contribution in [3.05, 3.63) is 35.1 Å². The fraction of sp³-hybridized carbons (Fsp3) is 0.364. The van der Waals surface area contributed by atoms with Crippen molar-refractivity contribution >= 4 is 5.91 Å². The Hall–Kier alpha value is -1.42. The van der Waals surface area contributed by atoms with Gasteiger partial charge in [0, 0.05) is 6.54 Å². The first kappa shape index (κ1) is 11.7. The summed E-state index contributed by atoms with van der Waals surface area (Å²) in [5.41, 5.74) is 1.56. The average Bonchev–Trinajstić information content (AvgIpc) is 2.23. The number of amides is 1. The molecule has 0 aromatic heterocycles. The Balaban J connectivity index is 2.44. The second-order valence-corrected chi connectivity index (χ2v) is 3.34.